The monoisotopic (exact) mass is 349 g/mol. The van der Waals surface area contributed by atoms with Crippen LogP contribution in [-0.2, 0) is 0 Å². The lowest BCUT2D eigenvalue weighted by atomic mass is 10.2. The number of benzene rings is 1. The lowest BCUT2D eigenvalue weighted by molar-refractivity contribution is 0.901. The lowest BCUT2D eigenvalue weighted by Gasteiger charge is -2.02. The maximum absolute atomic E-state index is 4.59. The molecule has 0 aliphatic rings. The fraction of sp³-hybridized carbons (Fsp3) is 0.118. The van der Waals surface area contributed by atoms with Crippen molar-refractivity contribution in [3.05, 3.63) is 64.7 Å². The highest BCUT2D eigenvalue weighted by atomic mass is 32.1. The zero-order valence-electron chi connectivity index (χ0n) is 13.7. The van der Waals surface area contributed by atoms with E-state index in [1.165, 1.54) is 16.9 Å². The summed E-state index contributed by atoms with van der Waals surface area (Å²) < 4.78 is 2.50. The van der Waals surface area contributed by atoms with Gasteiger partial charge in [-0.1, -0.05) is 29.0 Å². The van der Waals surface area contributed by atoms with Crippen LogP contribution in [-0.4, -0.2) is 24.8 Å². The normalized spacial score (nSPS) is 11.8. The summed E-state index contributed by atoms with van der Waals surface area (Å²) in [6.45, 7) is 3.97. The van der Waals surface area contributed by atoms with Crippen LogP contribution in [0.3, 0.4) is 0 Å². The number of anilines is 1. The predicted octanol–water partition coefficient (Wildman–Crippen LogP) is 2.79. The van der Waals surface area contributed by atoms with E-state index < -0.39 is 0 Å². The Balaban J connectivity index is 1.73. The van der Waals surface area contributed by atoms with Crippen molar-refractivity contribution in [3.63, 3.8) is 0 Å². The Kier molecular flexibility index (Phi) is 3.95. The summed E-state index contributed by atoms with van der Waals surface area (Å²) in [7, 11) is 0. The Morgan fingerprint density at radius 3 is 2.52 bits per heavy atom. The smallest absolute Gasteiger partial charge is 0.235 e. The van der Waals surface area contributed by atoms with E-state index in [0.717, 1.165) is 21.6 Å². The van der Waals surface area contributed by atoms with Gasteiger partial charge in [0.05, 0.1) is 11.4 Å². The van der Waals surface area contributed by atoms with E-state index >= 15 is 0 Å². The topological polar surface area (TPSA) is 80.4 Å². The molecular formula is C17H15N7S. The number of nitrogens with one attached hydrogen (secondary N) is 1. The molecule has 0 saturated carbocycles. The third-order valence-electron chi connectivity index (χ3n) is 3.64. The van der Waals surface area contributed by atoms with E-state index in [9.17, 15) is 0 Å². The number of aromatic nitrogens is 5. The molecule has 3 heterocycles. The maximum atomic E-state index is 4.59. The summed E-state index contributed by atoms with van der Waals surface area (Å²) in [5.74, 6) is 0.690. The van der Waals surface area contributed by atoms with Gasteiger partial charge < -0.3 is 0 Å². The van der Waals surface area contributed by atoms with Crippen LogP contribution in [0.4, 0.5) is 5.69 Å². The number of aryl methyl sites for hydroxylation is 2. The van der Waals surface area contributed by atoms with Crippen LogP contribution < -0.4 is 10.1 Å². The molecule has 0 radical (unpaired) electrons. The molecule has 1 N–H and O–H groups in total. The molecule has 0 aliphatic heterocycles. The largest absolute Gasteiger partial charge is 0.277 e. The molecule has 0 atom stereocenters. The molecule has 0 bridgehead atoms. The first-order valence-electron chi connectivity index (χ1n) is 7.71. The lowest BCUT2D eigenvalue weighted by Crippen LogP contribution is -2.12. The average molecular weight is 349 g/mol. The van der Waals surface area contributed by atoms with Crippen molar-refractivity contribution in [1.82, 2.24) is 24.8 Å². The van der Waals surface area contributed by atoms with Crippen LogP contribution in [0.25, 0.3) is 16.3 Å². The second kappa shape index (κ2) is 6.40. The first-order chi connectivity index (χ1) is 12.2. The van der Waals surface area contributed by atoms with Crippen LogP contribution >= 0.6 is 11.3 Å². The number of rotatable bonds is 3. The quantitative estimate of drug-likeness (QED) is 0.575. The van der Waals surface area contributed by atoms with E-state index in [-0.39, 0.29) is 0 Å². The van der Waals surface area contributed by atoms with Gasteiger partial charge in [-0.2, -0.15) is 14.7 Å². The van der Waals surface area contributed by atoms with Crippen LogP contribution in [0.1, 0.15) is 11.3 Å². The molecule has 4 aromatic rings. The number of hydrogen-bond acceptors (Lipinski definition) is 7. The molecule has 8 heteroatoms. The maximum Gasteiger partial charge on any atom is 0.235 e. The molecule has 0 aliphatic carbocycles. The van der Waals surface area contributed by atoms with Gasteiger partial charge in [0.2, 0.25) is 4.96 Å². The van der Waals surface area contributed by atoms with E-state index in [2.05, 4.69) is 37.7 Å². The van der Waals surface area contributed by atoms with Crippen molar-refractivity contribution in [1.29, 1.82) is 0 Å². The molecular weight excluding hydrogens is 334 g/mol. The average Bonchev–Trinajstić information content (AvgIpc) is 3.04. The number of pyridine rings is 1. The minimum absolute atomic E-state index is 0.682. The Morgan fingerprint density at radius 2 is 1.76 bits per heavy atom. The molecule has 4 rings (SSSR count). The van der Waals surface area contributed by atoms with Gasteiger partial charge in [-0.15, -0.1) is 10.2 Å². The Hall–Kier alpha value is -3.13. The van der Waals surface area contributed by atoms with Crippen molar-refractivity contribution in [2.24, 2.45) is 5.10 Å². The molecule has 1 aromatic carbocycles. The highest BCUT2D eigenvalue weighted by molar-refractivity contribution is 7.14. The van der Waals surface area contributed by atoms with Crippen LogP contribution in [0.2, 0.25) is 0 Å². The molecule has 0 saturated heterocycles. The highest BCUT2D eigenvalue weighted by Crippen LogP contribution is 2.17. The fourth-order valence-corrected chi connectivity index (χ4v) is 3.05. The van der Waals surface area contributed by atoms with Gasteiger partial charge in [-0.3, -0.25) is 10.4 Å². The first-order valence-corrected chi connectivity index (χ1v) is 8.52. The standard InChI is InChI=1S/C17H15N7S/c1-11-3-5-14(6-4-11)19-21-16-12(2)23-24-15(20-22-17(24)25-16)13-7-9-18-10-8-13/h3-10,19H,1-2H3/b21-16+. The summed E-state index contributed by atoms with van der Waals surface area (Å²) in [4.78, 5) is 4.71. The number of hydrogen-bond donors (Lipinski definition) is 1. The molecule has 7 nitrogen and oxygen atoms in total. The summed E-state index contributed by atoms with van der Waals surface area (Å²) in [6.07, 6.45) is 3.45. The summed E-state index contributed by atoms with van der Waals surface area (Å²) >= 11 is 1.43. The second-order valence-corrected chi connectivity index (χ2v) is 6.49. The molecule has 124 valence electrons. The highest BCUT2D eigenvalue weighted by Gasteiger charge is 2.11. The second-order valence-electron chi connectivity index (χ2n) is 5.54. The van der Waals surface area contributed by atoms with Gasteiger partial charge in [-0.05, 0) is 38.1 Å². The molecule has 0 amide bonds. The van der Waals surface area contributed by atoms with Crippen molar-refractivity contribution in [3.8, 4) is 11.4 Å². The van der Waals surface area contributed by atoms with Gasteiger partial charge >= 0.3 is 0 Å². The van der Waals surface area contributed by atoms with Gasteiger partial charge in [0.25, 0.3) is 0 Å². The van der Waals surface area contributed by atoms with Crippen molar-refractivity contribution in [2.45, 2.75) is 13.8 Å². The summed E-state index contributed by atoms with van der Waals surface area (Å²) in [6, 6.07) is 11.8. The molecule has 25 heavy (non-hydrogen) atoms. The summed E-state index contributed by atoms with van der Waals surface area (Å²) in [5.41, 5.74) is 6.92. The van der Waals surface area contributed by atoms with Crippen LogP contribution in [0, 0.1) is 13.8 Å². The van der Waals surface area contributed by atoms with Crippen molar-refractivity contribution >= 4 is 22.0 Å². The third kappa shape index (κ3) is 3.11. The predicted molar refractivity (Wildman–Crippen MR) is 97.0 cm³/mol. The first kappa shape index (κ1) is 15.4. The number of nitrogens with zero attached hydrogens (tertiary/aromatic N) is 6. The van der Waals surface area contributed by atoms with Crippen molar-refractivity contribution in [2.75, 3.05) is 5.43 Å². The van der Waals surface area contributed by atoms with E-state index in [0.29, 0.717) is 10.8 Å². The Bertz CT molecular complexity index is 1080. The Labute approximate surface area is 147 Å². The minimum Gasteiger partial charge on any atom is -0.277 e. The fourth-order valence-electron chi connectivity index (χ4n) is 2.30. The van der Waals surface area contributed by atoms with E-state index in [1.807, 2.05) is 43.3 Å². The van der Waals surface area contributed by atoms with E-state index in [1.54, 1.807) is 16.9 Å². The SMILES string of the molecule is Cc1ccc(N/N=c2/sc3nnc(-c4ccncc4)n3nc2C)cc1. The van der Waals surface area contributed by atoms with Crippen LogP contribution in [0.5, 0.6) is 0 Å². The zero-order valence-corrected chi connectivity index (χ0v) is 14.5. The number of fused-ring (bicyclic) bond motifs is 1. The van der Waals surface area contributed by atoms with Gasteiger partial charge in [0.15, 0.2) is 10.5 Å². The minimum atomic E-state index is 0.682. The van der Waals surface area contributed by atoms with Gasteiger partial charge in [0, 0.05) is 18.0 Å². The summed E-state index contributed by atoms with van der Waals surface area (Å²) in [5, 5.41) is 17.5. The molecule has 3 aromatic heterocycles. The van der Waals surface area contributed by atoms with Crippen LogP contribution in [0.15, 0.2) is 53.9 Å². The molecule has 0 spiro atoms. The molecule has 0 unspecified atom stereocenters. The third-order valence-corrected chi connectivity index (χ3v) is 4.65. The van der Waals surface area contributed by atoms with Gasteiger partial charge in [0.1, 0.15) is 0 Å². The van der Waals surface area contributed by atoms with Gasteiger partial charge in [-0.25, -0.2) is 0 Å². The zero-order chi connectivity index (χ0) is 17.2. The molecule has 0 fully saturated rings. The Morgan fingerprint density at radius 1 is 1.00 bits per heavy atom. The van der Waals surface area contributed by atoms with Crippen molar-refractivity contribution < 1.29 is 0 Å². The van der Waals surface area contributed by atoms with E-state index in [4.69, 9.17) is 0 Å².